The third-order valence-corrected chi connectivity index (χ3v) is 7.78. The van der Waals surface area contributed by atoms with Gasteiger partial charge in [-0.15, -0.1) is 0 Å². The van der Waals surface area contributed by atoms with Crippen molar-refractivity contribution in [3.63, 3.8) is 0 Å². The summed E-state index contributed by atoms with van der Waals surface area (Å²) in [6.45, 7) is 0. The minimum atomic E-state index is -0.282. The maximum Gasteiger partial charge on any atom is 0.0725 e. The van der Waals surface area contributed by atoms with Crippen LogP contribution in [0, 0.1) is 0 Å². The highest BCUT2D eigenvalue weighted by molar-refractivity contribution is 6.31. The van der Waals surface area contributed by atoms with E-state index in [2.05, 4.69) is 103 Å². The molecule has 0 bridgehead atoms. The fraction of sp³-hybridized carbons (Fsp3) is 0.0625. The Morgan fingerprint density at radius 1 is 0.485 bits per heavy atom. The average molecular weight is 441 g/mol. The monoisotopic (exact) mass is 440 g/mol. The van der Waals surface area contributed by atoms with Gasteiger partial charge in [-0.1, -0.05) is 121 Å². The van der Waals surface area contributed by atoms with Crippen molar-refractivity contribution in [2.24, 2.45) is 0 Å². The summed E-state index contributed by atoms with van der Waals surface area (Å²) in [4.78, 5) is 0. The summed E-state index contributed by atoms with van der Waals surface area (Å²) in [5, 5.41) is 0.826. The van der Waals surface area contributed by atoms with E-state index in [1.165, 1.54) is 50.1 Å². The standard InChI is InChI=1S/C32H21Cl/c33-31-16-8-1-9-22(31)19-21-17-18-26-25-12-4-7-15-29(25)32(30(26)20-21)27-13-5-2-10-23(27)24-11-3-6-14-28(24)32/h1-18,20H,19H2. The van der Waals surface area contributed by atoms with Gasteiger partial charge >= 0.3 is 0 Å². The first-order valence-corrected chi connectivity index (χ1v) is 11.8. The number of hydrogen-bond acceptors (Lipinski definition) is 0. The van der Waals surface area contributed by atoms with Crippen LogP contribution in [0.15, 0.2) is 115 Å². The summed E-state index contributed by atoms with van der Waals surface area (Å²) in [6, 6.07) is 42.0. The first-order valence-electron chi connectivity index (χ1n) is 11.4. The maximum atomic E-state index is 6.52. The second kappa shape index (κ2) is 6.94. The Morgan fingerprint density at radius 3 is 1.55 bits per heavy atom. The molecule has 2 aliphatic rings. The predicted molar refractivity (Wildman–Crippen MR) is 137 cm³/mol. The number of rotatable bonds is 2. The van der Waals surface area contributed by atoms with Gasteiger partial charge in [0, 0.05) is 5.02 Å². The lowest BCUT2D eigenvalue weighted by atomic mass is 9.70. The Hall–Kier alpha value is -3.61. The van der Waals surface area contributed by atoms with Crippen LogP contribution >= 0.6 is 11.6 Å². The van der Waals surface area contributed by atoms with Crippen LogP contribution in [0.1, 0.15) is 33.4 Å². The van der Waals surface area contributed by atoms with E-state index >= 15 is 0 Å². The van der Waals surface area contributed by atoms with Gasteiger partial charge in [-0.25, -0.2) is 0 Å². The maximum absolute atomic E-state index is 6.52. The molecular weight excluding hydrogens is 420 g/mol. The van der Waals surface area contributed by atoms with E-state index < -0.39 is 0 Å². The summed E-state index contributed by atoms with van der Waals surface area (Å²) in [5.41, 5.74) is 13.0. The van der Waals surface area contributed by atoms with E-state index in [-0.39, 0.29) is 5.41 Å². The second-order valence-corrected chi connectivity index (χ2v) is 9.44. The molecule has 0 atom stereocenters. The van der Waals surface area contributed by atoms with Crippen LogP contribution in [0.25, 0.3) is 22.3 Å². The Morgan fingerprint density at radius 2 is 0.970 bits per heavy atom. The molecule has 0 amide bonds. The minimum absolute atomic E-state index is 0.282. The zero-order chi connectivity index (χ0) is 22.0. The molecule has 33 heavy (non-hydrogen) atoms. The lowest BCUT2D eigenvalue weighted by molar-refractivity contribution is 0.792. The van der Waals surface area contributed by atoms with Crippen LogP contribution in [-0.2, 0) is 11.8 Å². The van der Waals surface area contributed by atoms with Crippen molar-refractivity contribution < 1.29 is 0 Å². The van der Waals surface area contributed by atoms with E-state index in [0.717, 1.165) is 17.0 Å². The molecule has 1 spiro atoms. The van der Waals surface area contributed by atoms with Crippen molar-refractivity contribution in [2.75, 3.05) is 0 Å². The molecule has 0 heterocycles. The van der Waals surface area contributed by atoms with Gasteiger partial charge in [-0.05, 0) is 68.1 Å². The van der Waals surface area contributed by atoms with Gasteiger partial charge in [0.05, 0.1) is 5.41 Å². The molecule has 5 aromatic carbocycles. The third-order valence-electron chi connectivity index (χ3n) is 7.41. The molecule has 0 saturated heterocycles. The number of benzene rings is 5. The van der Waals surface area contributed by atoms with Gasteiger partial charge in [-0.2, -0.15) is 0 Å². The summed E-state index contributed by atoms with van der Waals surface area (Å²) in [5.74, 6) is 0. The van der Waals surface area contributed by atoms with E-state index in [1.807, 2.05) is 12.1 Å². The minimum Gasteiger partial charge on any atom is -0.0840 e. The Balaban J connectivity index is 1.54. The molecular formula is C32H21Cl. The zero-order valence-electron chi connectivity index (χ0n) is 18.1. The SMILES string of the molecule is Clc1ccccc1Cc1ccc2c(c1)C1(c3ccccc3-c3ccccc31)c1ccccc1-2. The van der Waals surface area contributed by atoms with E-state index in [1.54, 1.807) is 0 Å². The topological polar surface area (TPSA) is 0 Å². The van der Waals surface area contributed by atoms with Crippen LogP contribution in [-0.4, -0.2) is 0 Å². The number of fused-ring (bicyclic) bond motifs is 10. The van der Waals surface area contributed by atoms with Crippen LogP contribution < -0.4 is 0 Å². The van der Waals surface area contributed by atoms with Gasteiger partial charge in [0.1, 0.15) is 0 Å². The zero-order valence-corrected chi connectivity index (χ0v) is 18.8. The summed E-state index contributed by atoms with van der Waals surface area (Å²) < 4.78 is 0. The van der Waals surface area contributed by atoms with E-state index in [9.17, 15) is 0 Å². The molecule has 5 aromatic rings. The van der Waals surface area contributed by atoms with Gasteiger partial charge in [-0.3, -0.25) is 0 Å². The molecule has 0 N–H and O–H groups in total. The van der Waals surface area contributed by atoms with Crippen LogP contribution in [0.5, 0.6) is 0 Å². The molecule has 0 aliphatic heterocycles. The second-order valence-electron chi connectivity index (χ2n) is 9.03. The van der Waals surface area contributed by atoms with Crippen molar-refractivity contribution in [3.05, 3.63) is 154 Å². The smallest absolute Gasteiger partial charge is 0.0725 e. The Kier molecular flexibility index (Phi) is 3.98. The molecule has 156 valence electrons. The fourth-order valence-electron chi connectivity index (χ4n) is 6.11. The molecule has 0 saturated carbocycles. The van der Waals surface area contributed by atoms with E-state index in [0.29, 0.717) is 0 Å². The molecule has 0 nitrogen and oxygen atoms in total. The van der Waals surface area contributed by atoms with Gasteiger partial charge in [0.2, 0.25) is 0 Å². The molecule has 0 unspecified atom stereocenters. The molecule has 0 aromatic heterocycles. The largest absolute Gasteiger partial charge is 0.0840 e. The molecule has 1 heteroatoms. The highest BCUT2D eigenvalue weighted by atomic mass is 35.5. The fourth-order valence-corrected chi connectivity index (χ4v) is 6.32. The molecule has 2 aliphatic carbocycles. The predicted octanol–water partition coefficient (Wildman–Crippen LogP) is 8.27. The van der Waals surface area contributed by atoms with E-state index in [4.69, 9.17) is 11.6 Å². The normalized spacial score (nSPS) is 14.0. The third kappa shape index (κ3) is 2.47. The van der Waals surface area contributed by atoms with Crippen LogP contribution in [0.2, 0.25) is 5.02 Å². The Bertz CT molecular complexity index is 1500. The van der Waals surface area contributed by atoms with Crippen molar-refractivity contribution in [2.45, 2.75) is 11.8 Å². The van der Waals surface area contributed by atoms with Crippen molar-refractivity contribution in [1.29, 1.82) is 0 Å². The average Bonchev–Trinajstić information content (AvgIpc) is 3.33. The molecule has 0 fully saturated rings. The summed E-state index contributed by atoms with van der Waals surface area (Å²) in [7, 11) is 0. The lowest BCUT2D eigenvalue weighted by Crippen LogP contribution is -2.26. The molecule has 0 radical (unpaired) electrons. The first kappa shape index (κ1) is 18.9. The van der Waals surface area contributed by atoms with Crippen molar-refractivity contribution in [3.8, 4) is 22.3 Å². The Labute approximate surface area is 199 Å². The number of hydrogen-bond donors (Lipinski definition) is 0. The number of halogens is 1. The van der Waals surface area contributed by atoms with Crippen LogP contribution in [0.4, 0.5) is 0 Å². The highest BCUT2D eigenvalue weighted by Gasteiger charge is 2.51. The summed E-state index contributed by atoms with van der Waals surface area (Å²) in [6.07, 6.45) is 0.822. The van der Waals surface area contributed by atoms with Gasteiger partial charge < -0.3 is 0 Å². The van der Waals surface area contributed by atoms with Crippen LogP contribution in [0.3, 0.4) is 0 Å². The highest BCUT2D eigenvalue weighted by Crippen LogP contribution is 2.62. The quantitative estimate of drug-likeness (QED) is 0.253. The van der Waals surface area contributed by atoms with Crippen molar-refractivity contribution in [1.82, 2.24) is 0 Å². The van der Waals surface area contributed by atoms with Gasteiger partial charge in [0.25, 0.3) is 0 Å². The van der Waals surface area contributed by atoms with Crippen molar-refractivity contribution >= 4 is 11.6 Å². The first-order chi connectivity index (χ1) is 16.3. The lowest BCUT2D eigenvalue weighted by Gasteiger charge is -2.30. The summed E-state index contributed by atoms with van der Waals surface area (Å²) >= 11 is 6.52. The van der Waals surface area contributed by atoms with Gasteiger partial charge in [0.15, 0.2) is 0 Å². The molecule has 7 rings (SSSR count).